The van der Waals surface area contributed by atoms with Gasteiger partial charge in [0.15, 0.2) is 5.76 Å². The number of hydrogen-bond acceptors (Lipinski definition) is 3. The van der Waals surface area contributed by atoms with Crippen molar-refractivity contribution < 1.29 is 14.0 Å². The molecule has 0 unspecified atom stereocenters. The van der Waals surface area contributed by atoms with Gasteiger partial charge in [-0.1, -0.05) is 30.3 Å². The van der Waals surface area contributed by atoms with Gasteiger partial charge < -0.3 is 14.6 Å². The molecule has 0 spiro atoms. The van der Waals surface area contributed by atoms with E-state index in [2.05, 4.69) is 17.4 Å². The van der Waals surface area contributed by atoms with Crippen molar-refractivity contribution in [3.05, 3.63) is 60.1 Å². The number of furan rings is 1. The van der Waals surface area contributed by atoms with Crippen molar-refractivity contribution in [3.63, 3.8) is 0 Å². The third kappa shape index (κ3) is 4.72. The number of amides is 2. The van der Waals surface area contributed by atoms with Crippen LogP contribution in [0.1, 0.15) is 41.8 Å². The Morgan fingerprint density at radius 3 is 2.72 bits per heavy atom. The average Bonchev–Trinajstić information content (AvgIpc) is 3.18. The molecule has 1 aromatic heterocycles. The molecule has 132 valence electrons. The van der Waals surface area contributed by atoms with Crippen LogP contribution in [0.15, 0.2) is 53.1 Å². The van der Waals surface area contributed by atoms with Crippen molar-refractivity contribution in [1.82, 2.24) is 10.2 Å². The molecule has 1 fully saturated rings. The van der Waals surface area contributed by atoms with Gasteiger partial charge in [-0.25, -0.2) is 0 Å². The molecule has 3 rings (SSSR count). The number of hydrogen-bond donors (Lipinski definition) is 1. The molecular weight excluding hydrogens is 316 g/mol. The molecule has 1 aliphatic rings. The van der Waals surface area contributed by atoms with Gasteiger partial charge in [0.1, 0.15) is 0 Å². The van der Waals surface area contributed by atoms with Crippen LogP contribution < -0.4 is 5.32 Å². The van der Waals surface area contributed by atoms with Crippen molar-refractivity contribution >= 4 is 11.8 Å². The van der Waals surface area contributed by atoms with Crippen LogP contribution in [0.5, 0.6) is 0 Å². The molecule has 5 nitrogen and oxygen atoms in total. The number of nitrogens with one attached hydrogen (secondary N) is 1. The first-order chi connectivity index (χ1) is 12.2. The lowest BCUT2D eigenvalue weighted by Gasteiger charge is -2.36. The highest BCUT2D eigenvalue weighted by Gasteiger charge is 2.26. The van der Waals surface area contributed by atoms with Gasteiger partial charge in [0.05, 0.1) is 6.26 Å². The van der Waals surface area contributed by atoms with E-state index in [-0.39, 0.29) is 23.6 Å². The molecule has 1 aromatic carbocycles. The topological polar surface area (TPSA) is 62.6 Å². The fourth-order valence-electron chi connectivity index (χ4n) is 3.35. The Morgan fingerprint density at radius 1 is 1.12 bits per heavy atom. The molecule has 2 amide bonds. The van der Waals surface area contributed by atoms with Crippen LogP contribution >= 0.6 is 0 Å². The predicted octanol–water partition coefficient (Wildman–Crippen LogP) is 3.02. The summed E-state index contributed by atoms with van der Waals surface area (Å²) in [4.78, 5) is 26.5. The maximum absolute atomic E-state index is 12.6. The number of nitrogens with zero attached hydrogens (tertiary/aromatic N) is 1. The molecule has 25 heavy (non-hydrogen) atoms. The molecule has 0 radical (unpaired) electrons. The van der Waals surface area contributed by atoms with E-state index >= 15 is 0 Å². The fourth-order valence-corrected chi connectivity index (χ4v) is 3.35. The third-order valence-electron chi connectivity index (χ3n) is 4.63. The second kappa shape index (κ2) is 8.51. The number of likely N-dealkylation sites (tertiary alicyclic amines) is 1. The van der Waals surface area contributed by atoms with E-state index in [9.17, 15) is 9.59 Å². The van der Waals surface area contributed by atoms with Crippen LogP contribution in [-0.4, -0.2) is 35.8 Å². The summed E-state index contributed by atoms with van der Waals surface area (Å²) in [6.07, 6.45) is 5.93. The smallest absolute Gasteiger partial charge is 0.286 e. The molecule has 0 bridgehead atoms. The van der Waals surface area contributed by atoms with Crippen molar-refractivity contribution in [2.24, 2.45) is 0 Å². The van der Waals surface area contributed by atoms with Crippen LogP contribution in [0.25, 0.3) is 0 Å². The van der Waals surface area contributed by atoms with Crippen molar-refractivity contribution in [3.8, 4) is 0 Å². The van der Waals surface area contributed by atoms with Gasteiger partial charge in [-0.2, -0.15) is 0 Å². The number of carbonyl (C=O) groups excluding carboxylic acids is 2. The van der Waals surface area contributed by atoms with Crippen molar-refractivity contribution in [2.75, 3.05) is 13.1 Å². The quantitative estimate of drug-likeness (QED) is 0.879. The van der Waals surface area contributed by atoms with E-state index < -0.39 is 0 Å². The van der Waals surface area contributed by atoms with Crippen LogP contribution in [0.4, 0.5) is 0 Å². The fraction of sp³-hybridized carbons (Fsp3) is 0.400. The summed E-state index contributed by atoms with van der Waals surface area (Å²) in [6, 6.07) is 13.8. The molecule has 0 saturated carbocycles. The van der Waals surface area contributed by atoms with E-state index in [0.717, 1.165) is 32.2 Å². The molecule has 2 aromatic rings. The summed E-state index contributed by atoms with van der Waals surface area (Å²) in [5, 5.41) is 2.74. The summed E-state index contributed by atoms with van der Waals surface area (Å²) in [5.41, 5.74) is 1.26. The van der Waals surface area contributed by atoms with Crippen LogP contribution in [0, 0.1) is 0 Å². The van der Waals surface area contributed by atoms with Gasteiger partial charge in [-0.05, 0) is 43.4 Å². The van der Waals surface area contributed by atoms with E-state index in [1.807, 2.05) is 23.1 Å². The predicted molar refractivity (Wildman–Crippen MR) is 95.2 cm³/mol. The maximum Gasteiger partial charge on any atom is 0.286 e. The Morgan fingerprint density at radius 2 is 1.96 bits per heavy atom. The monoisotopic (exact) mass is 340 g/mol. The van der Waals surface area contributed by atoms with Gasteiger partial charge in [-0.3, -0.25) is 9.59 Å². The highest BCUT2D eigenvalue weighted by molar-refractivity contribution is 5.91. The van der Waals surface area contributed by atoms with Crippen LogP contribution in [0.2, 0.25) is 0 Å². The number of carbonyl (C=O) groups is 2. The van der Waals surface area contributed by atoms with Gasteiger partial charge in [0.25, 0.3) is 5.91 Å². The minimum absolute atomic E-state index is 0.111. The van der Waals surface area contributed by atoms with Crippen molar-refractivity contribution in [2.45, 2.75) is 38.1 Å². The summed E-state index contributed by atoms with van der Waals surface area (Å²) in [6.45, 7) is 1.13. The second-order valence-corrected chi connectivity index (χ2v) is 6.41. The lowest BCUT2D eigenvalue weighted by Crippen LogP contribution is -2.45. The molecule has 1 N–H and O–H groups in total. The molecular formula is C20H24N2O3. The van der Waals surface area contributed by atoms with E-state index in [1.54, 1.807) is 12.1 Å². The Hall–Kier alpha value is -2.56. The van der Waals surface area contributed by atoms with Gasteiger partial charge in [0.2, 0.25) is 5.91 Å². The standard InChI is InChI=1S/C20H24N2O3/c23-19(11-12-21-20(24)18-10-6-14-25-18)22-13-5-4-9-17(22)15-16-7-2-1-3-8-16/h1-3,6-8,10,14,17H,4-5,9,11-13,15H2,(H,21,24)/t17-/m0/s1. The summed E-state index contributed by atoms with van der Waals surface area (Å²) in [7, 11) is 0. The van der Waals surface area contributed by atoms with Crippen LogP contribution in [-0.2, 0) is 11.2 Å². The average molecular weight is 340 g/mol. The minimum atomic E-state index is -0.280. The first-order valence-electron chi connectivity index (χ1n) is 8.89. The largest absolute Gasteiger partial charge is 0.459 e. The van der Waals surface area contributed by atoms with E-state index in [1.165, 1.54) is 11.8 Å². The molecule has 2 heterocycles. The second-order valence-electron chi connectivity index (χ2n) is 6.41. The Bertz CT molecular complexity index is 682. The highest BCUT2D eigenvalue weighted by atomic mass is 16.3. The van der Waals surface area contributed by atoms with Gasteiger partial charge >= 0.3 is 0 Å². The normalized spacial score (nSPS) is 17.3. The zero-order chi connectivity index (χ0) is 17.5. The molecule has 1 saturated heterocycles. The van der Waals surface area contributed by atoms with E-state index in [0.29, 0.717) is 13.0 Å². The van der Waals surface area contributed by atoms with Gasteiger partial charge in [-0.15, -0.1) is 0 Å². The number of rotatable bonds is 6. The lowest BCUT2D eigenvalue weighted by atomic mass is 9.95. The Kier molecular flexibility index (Phi) is 5.88. The maximum atomic E-state index is 12.6. The molecule has 1 atom stereocenters. The SMILES string of the molecule is O=C(NCCC(=O)N1CCCC[C@H]1Cc1ccccc1)c1ccco1. The van der Waals surface area contributed by atoms with E-state index in [4.69, 9.17) is 4.42 Å². The summed E-state index contributed by atoms with van der Waals surface area (Å²) in [5.74, 6) is 0.102. The molecule has 5 heteroatoms. The third-order valence-corrected chi connectivity index (χ3v) is 4.63. The zero-order valence-electron chi connectivity index (χ0n) is 14.3. The first-order valence-corrected chi connectivity index (χ1v) is 8.89. The minimum Gasteiger partial charge on any atom is -0.459 e. The summed E-state index contributed by atoms with van der Waals surface area (Å²) >= 11 is 0. The summed E-state index contributed by atoms with van der Waals surface area (Å²) < 4.78 is 5.05. The lowest BCUT2D eigenvalue weighted by molar-refractivity contribution is -0.134. The van der Waals surface area contributed by atoms with Gasteiger partial charge in [0, 0.05) is 25.6 Å². The highest BCUT2D eigenvalue weighted by Crippen LogP contribution is 2.21. The molecule has 1 aliphatic heterocycles. The Balaban J connectivity index is 1.51. The number of benzene rings is 1. The zero-order valence-corrected chi connectivity index (χ0v) is 14.3. The van der Waals surface area contributed by atoms with Crippen molar-refractivity contribution in [1.29, 1.82) is 0 Å². The Labute approximate surface area is 148 Å². The van der Waals surface area contributed by atoms with Crippen LogP contribution in [0.3, 0.4) is 0 Å². The number of piperidine rings is 1. The molecule has 0 aliphatic carbocycles. The first kappa shape index (κ1) is 17.3.